The molecule has 3 nitrogen and oxygen atoms in total. The molecule has 98 valence electrons. The van der Waals surface area contributed by atoms with E-state index in [0.29, 0.717) is 13.0 Å². The Morgan fingerprint density at radius 1 is 1.39 bits per heavy atom. The first kappa shape index (κ1) is 14.3. The van der Waals surface area contributed by atoms with E-state index >= 15 is 0 Å². The highest BCUT2D eigenvalue weighted by molar-refractivity contribution is 5.78. The van der Waals surface area contributed by atoms with Crippen LogP contribution in [0.25, 0.3) is 0 Å². The molecule has 0 spiro atoms. The van der Waals surface area contributed by atoms with Crippen molar-refractivity contribution in [3.8, 4) is 5.75 Å². The van der Waals surface area contributed by atoms with E-state index in [-0.39, 0.29) is 5.91 Å². The van der Waals surface area contributed by atoms with Crippen LogP contribution in [-0.4, -0.2) is 19.1 Å². The van der Waals surface area contributed by atoms with Crippen LogP contribution in [-0.2, 0) is 11.2 Å². The maximum atomic E-state index is 11.6. The number of unbranched alkanes of at least 4 members (excludes halogenated alkanes) is 1. The van der Waals surface area contributed by atoms with Crippen LogP contribution in [0.3, 0.4) is 0 Å². The molecular formula is C15H21NO2. The van der Waals surface area contributed by atoms with Crippen molar-refractivity contribution in [2.24, 2.45) is 0 Å². The zero-order chi connectivity index (χ0) is 13.2. The van der Waals surface area contributed by atoms with Crippen molar-refractivity contribution in [1.82, 2.24) is 5.32 Å². The minimum atomic E-state index is 0.0724. The summed E-state index contributed by atoms with van der Waals surface area (Å²) in [6.07, 6.45) is 4.25. The SMILES string of the molecule is C=CCOc1ccc(CC(=O)NCCCC)cc1. The van der Waals surface area contributed by atoms with Crippen LogP contribution in [0, 0.1) is 0 Å². The molecule has 0 aromatic heterocycles. The van der Waals surface area contributed by atoms with Crippen LogP contribution >= 0.6 is 0 Å². The molecule has 1 aromatic rings. The molecular weight excluding hydrogens is 226 g/mol. The number of rotatable bonds is 8. The molecule has 18 heavy (non-hydrogen) atoms. The van der Waals surface area contributed by atoms with Crippen molar-refractivity contribution in [3.63, 3.8) is 0 Å². The number of benzene rings is 1. The van der Waals surface area contributed by atoms with E-state index in [1.54, 1.807) is 6.08 Å². The Labute approximate surface area is 109 Å². The molecule has 0 heterocycles. The molecule has 0 aliphatic heterocycles. The van der Waals surface area contributed by atoms with E-state index in [0.717, 1.165) is 30.7 Å². The van der Waals surface area contributed by atoms with Gasteiger partial charge in [0, 0.05) is 6.54 Å². The summed E-state index contributed by atoms with van der Waals surface area (Å²) in [7, 11) is 0. The van der Waals surface area contributed by atoms with Gasteiger partial charge in [-0.1, -0.05) is 38.1 Å². The van der Waals surface area contributed by atoms with E-state index in [1.807, 2.05) is 24.3 Å². The molecule has 0 unspecified atom stereocenters. The molecule has 0 bridgehead atoms. The minimum absolute atomic E-state index is 0.0724. The Morgan fingerprint density at radius 2 is 2.11 bits per heavy atom. The van der Waals surface area contributed by atoms with Crippen molar-refractivity contribution in [2.45, 2.75) is 26.2 Å². The summed E-state index contributed by atoms with van der Waals surface area (Å²) in [6.45, 7) is 6.95. The van der Waals surface area contributed by atoms with Gasteiger partial charge in [0.15, 0.2) is 0 Å². The first-order chi connectivity index (χ1) is 8.76. The lowest BCUT2D eigenvalue weighted by atomic mass is 10.1. The number of hydrogen-bond acceptors (Lipinski definition) is 2. The fraction of sp³-hybridized carbons (Fsp3) is 0.400. The third-order valence-corrected chi connectivity index (χ3v) is 2.51. The second kappa shape index (κ2) is 8.34. The molecule has 1 amide bonds. The average Bonchev–Trinajstić information content (AvgIpc) is 2.38. The number of ether oxygens (including phenoxy) is 1. The summed E-state index contributed by atoms with van der Waals surface area (Å²) >= 11 is 0. The molecule has 3 heteroatoms. The van der Waals surface area contributed by atoms with Gasteiger partial charge in [0.1, 0.15) is 12.4 Å². The Hall–Kier alpha value is -1.77. The summed E-state index contributed by atoms with van der Waals surface area (Å²) in [4.78, 5) is 11.6. The number of carbonyl (C=O) groups excluding carboxylic acids is 1. The predicted octanol–water partition coefficient (Wildman–Crippen LogP) is 2.71. The summed E-state index contributed by atoms with van der Waals surface area (Å²) < 4.78 is 5.38. The molecule has 0 aliphatic rings. The van der Waals surface area contributed by atoms with Gasteiger partial charge in [-0.05, 0) is 24.1 Å². The van der Waals surface area contributed by atoms with E-state index in [2.05, 4.69) is 18.8 Å². The molecule has 0 atom stereocenters. The first-order valence-electron chi connectivity index (χ1n) is 6.35. The monoisotopic (exact) mass is 247 g/mol. The Morgan fingerprint density at radius 3 is 2.72 bits per heavy atom. The Kier molecular flexibility index (Phi) is 6.62. The molecule has 1 rings (SSSR count). The lowest BCUT2D eigenvalue weighted by Crippen LogP contribution is -2.25. The first-order valence-corrected chi connectivity index (χ1v) is 6.35. The normalized spacial score (nSPS) is 9.83. The van der Waals surface area contributed by atoms with Gasteiger partial charge in [-0.25, -0.2) is 0 Å². The highest BCUT2D eigenvalue weighted by Crippen LogP contribution is 2.12. The highest BCUT2D eigenvalue weighted by atomic mass is 16.5. The van der Waals surface area contributed by atoms with Crippen molar-refractivity contribution in [3.05, 3.63) is 42.5 Å². The van der Waals surface area contributed by atoms with E-state index in [9.17, 15) is 4.79 Å². The van der Waals surface area contributed by atoms with Gasteiger partial charge >= 0.3 is 0 Å². The molecule has 0 radical (unpaired) electrons. The zero-order valence-electron chi connectivity index (χ0n) is 10.9. The quantitative estimate of drug-likeness (QED) is 0.566. The van der Waals surface area contributed by atoms with Gasteiger partial charge < -0.3 is 10.1 Å². The summed E-state index contributed by atoms with van der Waals surface area (Å²) in [5.74, 6) is 0.869. The number of hydrogen-bond donors (Lipinski definition) is 1. The third kappa shape index (κ3) is 5.53. The van der Waals surface area contributed by atoms with Gasteiger partial charge in [-0.3, -0.25) is 4.79 Å². The van der Waals surface area contributed by atoms with Gasteiger partial charge in [0.05, 0.1) is 6.42 Å². The molecule has 1 aromatic carbocycles. The fourth-order valence-corrected chi connectivity index (χ4v) is 1.51. The third-order valence-electron chi connectivity index (χ3n) is 2.51. The van der Waals surface area contributed by atoms with Crippen LogP contribution in [0.15, 0.2) is 36.9 Å². The van der Waals surface area contributed by atoms with Crippen molar-refractivity contribution in [2.75, 3.05) is 13.2 Å². The smallest absolute Gasteiger partial charge is 0.224 e. The fourth-order valence-electron chi connectivity index (χ4n) is 1.51. The maximum Gasteiger partial charge on any atom is 0.224 e. The van der Waals surface area contributed by atoms with Crippen LogP contribution in [0.2, 0.25) is 0 Å². The summed E-state index contributed by atoms with van der Waals surface area (Å²) in [6, 6.07) is 7.58. The maximum absolute atomic E-state index is 11.6. The molecule has 0 saturated carbocycles. The molecule has 0 saturated heterocycles. The van der Waals surface area contributed by atoms with Gasteiger partial charge in [0.25, 0.3) is 0 Å². The van der Waals surface area contributed by atoms with E-state index in [1.165, 1.54) is 0 Å². The Balaban J connectivity index is 2.38. The van der Waals surface area contributed by atoms with Gasteiger partial charge in [-0.2, -0.15) is 0 Å². The van der Waals surface area contributed by atoms with Crippen LogP contribution < -0.4 is 10.1 Å². The molecule has 0 aliphatic carbocycles. The second-order valence-corrected chi connectivity index (χ2v) is 4.12. The minimum Gasteiger partial charge on any atom is -0.490 e. The lowest BCUT2D eigenvalue weighted by Gasteiger charge is -2.06. The Bertz CT molecular complexity index is 371. The standard InChI is InChI=1S/C15H21NO2/c1-3-5-10-16-15(17)12-13-6-8-14(9-7-13)18-11-4-2/h4,6-9H,2-3,5,10-12H2,1H3,(H,16,17). The van der Waals surface area contributed by atoms with Crippen molar-refractivity contribution >= 4 is 5.91 Å². The van der Waals surface area contributed by atoms with Crippen LogP contribution in [0.5, 0.6) is 5.75 Å². The van der Waals surface area contributed by atoms with Crippen molar-refractivity contribution < 1.29 is 9.53 Å². The largest absolute Gasteiger partial charge is 0.490 e. The van der Waals surface area contributed by atoms with E-state index < -0.39 is 0 Å². The second-order valence-electron chi connectivity index (χ2n) is 4.12. The molecule has 1 N–H and O–H groups in total. The molecule has 0 fully saturated rings. The van der Waals surface area contributed by atoms with Crippen LogP contribution in [0.4, 0.5) is 0 Å². The zero-order valence-corrected chi connectivity index (χ0v) is 10.9. The summed E-state index contributed by atoms with van der Waals surface area (Å²) in [5, 5.41) is 2.90. The predicted molar refractivity (Wildman–Crippen MR) is 73.8 cm³/mol. The number of carbonyl (C=O) groups is 1. The van der Waals surface area contributed by atoms with Gasteiger partial charge in [-0.15, -0.1) is 0 Å². The van der Waals surface area contributed by atoms with Crippen molar-refractivity contribution in [1.29, 1.82) is 0 Å². The highest BCUT2D eigenvalue weighted by Gasteiger charge is 2.02. The average molecular weight is 247 g/mol. The van der Waals surface area contributed by atoms with E-state index in [4.69, 9.17) is 4.74 Å². The lowest BCUT2D eigenvalue weighted by molar-refractivity contribution is -0.120. The topological polar surface area (TPSA) is 38.3 Å². The number of nitrogens with one attached hydrogen (secondary N) is 1. The summed E-state index contributed by atoms with van der Waals surface area (Å²) in [5.41, 5.74) is 0.995. The number of amides is 1. The van der Waals surface area contributed by atoms with Gasteiger partial charge in [0.2, 0.25) is 5.91 Å². The van der Waals surface area contributed by atoms with Crippen LogP contribution in [0.1, 0.15) is 25.3 Å².